The fourth-order valence-electron chi connectivity index (χ4n) is 0. The zero-order valence-corrected chi connectivity index (χ0v) is 8.64. The van der Waals surface area contributed by atoms with Crippen molar-refractivity contribution in [2.75, 3.05) is 0 Å². The first-order chi connectivity index (χ1) is 2.83. The first-order valence-electron chi connectivity index (χ1n) is 1.59. The summed E-state index contributed by atoms with van der Waals surface area (Å²) >= 11 is -0.826. The predicted molar refractivity (Wildman–Crippen MR) is 33.8 cm³/mol. The zero-order chi connectivity index (χ0) is 5.41. The quantitative estimate of drug-likeness (QED) is 0.550. The molecule has 0 radical (unpaired) electrons. The van der Waals surface area contributed by atoms with Crippen LogP contribution in [-0.2, 0) is 20.8 Å². The van der Waals surface area contributed by atoms with Crippen molar-refractivity contribution < 1.29 is 20.8 Å². The first kappa shape index (κ1) is 15.8. The molecule has 7 heavy (non-hydrogen) atoms. The summed E-state index contributed by atoms with van der Waals surface area (Å²) < 4.78 is 0. The fraction of sp³-hybridized carbons (Fsp3) is 0.500. The molecule has 0 aromatic rings. The van der Waals surface area contributed by atoms with Gasteiger partial charge in [0.25, 0.3) is 0 Å². The van der Waals surface area contributed by atoms with Gasteiger partial charge >= 0.3 is 37.9 Å². The van der Waals surface area contributed by atoms with Gasteiger partial charge in [0.05, 0.1) is 0 Å². The summed E-state index contributed by atoms with van der Waals surface area (Å²) in [7, 11) is 9.87. The molecule has 0 heterocycles. The van der Waals surface area contributed by atoms with E-state index in [0.717, 1.165) is 6.42 Å². The molecular formula is C4H10Cl2Zr. The molecule has 0 aliphatic heterocycles. The molecular weight excluding hydrogens is 210 g/mol. The average molecular weight is 220 g/mol. The van der Waals surface area contributed by atoms with Crippen LogP contribution >= 0.6 is 17.0 Å². The van der Waals surface area contributed by atoms with Gasteiger partial charge < -0.3 is 14.4 Å². The molecule has 3 heteroatoms. The second-order valence-electron chi connectivity index (χ2n) is 0.571. The molecule has 0 unspecified atom stereocenters. The Kier molecular flexibility index (Phi) is 58.6. The van der Waals surface area contributed by atoms with E-state index in [9.17, 15) is 0 Å². The summed E-state index contributed by atoms with van der Waals surface area (Å²) in [6.07, 6.45) is 1.00. The van der Waals surface area contributed by atoms with Crippen molar-refractivity contribution in [1.82, 2.24) is 0 Å². The molecule has 0 saturated heterocycles. The molecule has 0 spiro atoms. The Balaban J connectivity index is -0.0000000400. The topological polar surface area (TPSA) is 0 Å². The molecule has 44 valence electrons. The van der Waals surface area contributed by atoms with E-state index in [4.69, 9.17) is 17.0 Å². The second kappa shape index (κ2) is 26.0. The summed E-state index contributed by atoms with van der Waals surface area (Å²) in [5, 5.41) is 0. The van der Waals surface area contributed by atoms with E-state index in [0.29, 0.717) is 0 Å². The maximum absolute atomic E-state index is 4.93. The maximum atomic E-state index is 4.93. The van der Waals surface area contributed by atoms with Crippen LogP contribution in [0.15, 0.2) is 0 Å². The monoisotopic (exact) mass is 218 g/mol. The predicted octanol–water partition coefficient (Wildman–Crippen LogP) is 3.06. The van der Waals surface area contributed by atoms with E-state index in [1.165, 1.54) is 0 Å². The third-order valence-electron chi connectivity index (χ3n) is 0. The molecule has 0 rings (SSSR count). The van der Waals surface area contributed by atoms with Crippen LogP contribution in [0.2, 0.25) is 0 Å². The Hall–Kier alpha value is 1.46. The Morgan fingerprint density at radius 3 is 1.57 bits per heavy atom. The Labute approximate surface area is 65.3 Å². The van der Waals surface area contributed by atoms with Crippen molar-refractivity contribution in [3.63, 3.8) is 0 Å². The van der Waals surface area contributed by atoms with Crippen LogP contribution in [0.25, 0.3) is 0 Å². The standard InChI is InChI=1S/C3H7.CH3.2ClH.Zr/c1-3-2;;;;/h1,3H2,2H3;1H3;2*1H;/q2*-1;;;+4/p-2. The average Bonchev–Trinajstić information content (AvgIpc) is 1.39. The first-order valence-corrected chi connectivity index (χ1v) is 7.92. The summed E-state index contributed by atoms with van der Waals surface area (Å²) in [5.74, 6) is 0. The van der Waals surface area contributed by atoms with Gasteiger partial charge in [-0.3, -0.25) is 0 Å². The normalized spacial score (nSPS) is 4.00. The van der Waals surface area contributed by atoms with Crippen LogP contribution < -0.4 is 0 Å². The molecule has 0 bridgehead atoms. The van der Waals surface area contributed by atoms with E-state index in [-0.39, 0.29) is 7.43 Å². The third-order valence-corrected chi connectivity index (χ3v) is 0. The van der Waals surface area contributed by atoms with Gasteiger partial charge in [-0.25, -0.2) is 0 Å². The van der Waals surface area contributed by atoms with E-state index in [1.807, 2.05) is 6.92 Å². The van der Waals surface area contributed by atoms with E-state index >= 15 is 0 Å². The Morgan fingerprint density at radius 1 is 1.57 bits per heavy atom. The van der Waals surface area contributed by atoms with Crippen LogP contribution in [0.3, 0.4) is 0 Å². The van der Waals surface area contributed by atoms with Crippen molar-refractivity contribution in [3.8, 4) is 0 Å². The van der Waals surface area contributed by atoms with E-state index in [2.05, 4.69) is 6.92 Å². The van der Waals surface area contributed by atoms with Gasteiger partial charge in [0, 0.05) is 0 Å². The summed E-state index contributed by atoms with van der Waals surface area (Å²) in [5.41, 5.74) is 0. The van der Waals surface area contributed by atoms with Gasteiger partial charge in [0.2, 0.25) is 0 Å². The van der Waals surface area contributed by atoms with Crippen molar-refractivity contribution in [3.05, 3.63) is 14.4 Å². The number of hydrogen-bond donors (Lipinski definition) is 0. The van der Waals surface area contributed by atoms with Crippen LogP contribution in [0, 0.1) is 14.4 Å². The fourth-order valence-corrected chi connectivity index (χ4v) is 0. The van der Waals surface area contributed by atoms with Gasteiger partial charge in [-0.1, -0.05) is 6.92 Å². The minimum absolute atomic E-state index is 0. The summed E-state index contributed by atoms with van der Waals surface area (Å²) in [6.45, 7) is 5.50. The van der Waals surface area contributed by atoms with Crippen molar-refractivity contribution in [2.45, 2.75) is 13.3 Å². The van der Waals surface area contributed by atoms with Crippen LogP contribution in [0.4, 0.5) is 0 Å². The number of halogens is 2. The summed E-state index contributed by atoms with van der Waals surface area (Å²) in [6, 6.07) is 0. The molecule has 0 amide bonds. The molecule has 0 nitrogen and oxygen atoms in total. The molecule has 0 aromatic carbocycles. The molecule has 0 N–H and O–H groups in total. The zero-order valence-electron chi connectivity index (χ0n) is 4.67. The van der Waals surface area contributed by atoms with Gasteiger partial charge in [-0.2, -0.15) is 6.42 Å². The molecule has 0 aliphatic rings. The van der Waals surface area contributed by atoms with Gasteiger partial charge in [0.1, 0.15) is 0 Å². The van der Waals surface area contributed by atoms with Gasteiger partial charge in [-0.15, -0.1) is 0 Å². The van der Waals surface area contributed by atoms with Gasteiger partial charge in [0.15, 0.2) is 0 Å². The van der Waals surface area contributed by atoms with Gasteiger partial charge in [-0.05, 0) is 0 Å². The van der Waals surface area contributed by atoms with Crippen LogP contribution in [0.1, 0.15) is 13.3 Å². The number of rotatable bonds is 0. The van der Waals surface area contributed by atoms with E-state index in [1.54, 1.807) is 0 Å². The molecule has 0 atom stereocenters. The Morgan fingerprint density at radius 2 is 1.57 bits per heavy atom. The van der Waals surface area contributed by atoms with Crippen LogP contribution in [0.5, 0.6) is 0 Å². The van der Waals surface area contributed by atoms with Crippen molar-refractivity contribution >= 4 is 17.0 Å². The minimum atomic E-state index is -0.826. The van der Waals surface area contributed by atoms with E-state index < -0.39 is 20.8 Å². The second-order valence-corrected chi connectivity index (χ2v) is 4.30. The molecule has 0 saturated carbocycles. The molecule has 0 fully saturated rings. The number of hydrogen-bond acceptors (Lipinski definition) is 0. The summed E-state index contributed by atoms with van der Waals surface area (Å²) in [4.78, 5) is 0. The van der Waals surface area contributed by atoms with Crippen molar-refractivity contribution in [1.29, 1.82) is 0 Å². The third kappa shape index (κ3) is 104. The van der Waals surface area contributed by atoms with Crippen LogP contribution in [-0.4, -0.2) is 0 Å². The van der Waals surface area contributed by atoms with Crippen molar-refractivity contribution in [2.24, 2.45) is 0 Å². The molecule has 0 aliphatic carbocycles. The molecule has 0 aromatic heterocycles. The Bertz CT molecular complexity index is 11.7. The SMILES string of the molecule is [CH2-]CC.[CH3-].[Cl][Zr+2][Cl].